The van der Waals surface area contributed by atoms with Gasteiger partial charge in [-0.3, -0.25) is 4.98 Å². The van der Waals surface area contributed by atoms with E-state index in [-0.39, 0.29) is 6.04 Å². The van der Waals surface area contributed by atoms with Crippen LogP contribution >= 0.6 is 12.2 Å². The summed E-state index contributed by atoms with van der Waals surface area (Å²) in [5, 5.41) is 11.5. The average molecular weight is 393 g/mol. The molecule has 1 saturated carbocycles. The molecule has 3 aromatic rings. The lowest BCUT2D eigenvalue weighted by Crippen LogP contribution is -2.36. The Balaban J connectivity index is 1.46. The number of anilines is 2. The normalized spacial score (nSPS) is 15.3. The summed E-state index contributed by atoms with van der Waals surface area (Å²) in [7, 11) is 0. The molecule has 0 saturated heterocycles. The summed E-state index contributed by atoms with van der Waals surface area (Å²) >= 11 is 5.41. The highest BCUT2D eigenvalue weighted by atomic mass is 32.1. The highest BCUT2D eigenvalue weighted by Gasteiger charge is 2.16. The van der Waals surface area contributed by atoms with E-state index in [2.05, 4.69) is 43.9 Å². The summed E-state index contributed by atoms with van der Waals surface area (Å²) in [4.78, 5) is 13.2. The van der Waals surface area contributed by atoms with Gasteiger partial charge in [0, 0.05) is 35.7 Å². The Morgan fingerprint density at radius 2 is 2.04 bits per heavy atom. The van der Waals surface area contributed by atoms with Crippen LogP contribution in [0.4, 0.5) is 11.6 Å². The maximum Gasteiger partial charge on any atom is 0.229 e. The van der Waals surface area contributed by atoms with E-state index in [1.54, 1.807) is 6.20 Å². The lowest BCUT2D eigenvalue weighted by molar-refractivity contribution is 0.634. The van der Waals surface area contributed by atoms with Gasteiger partial charge in [0.2, 0.25) is 5.95 Å². The third kappa shape index (κ3) is 4.54. The minimum Gasteiger partial charge on any atom is -0.378 e. The third-order valence-electron chi connectivity index (χ3n) is 5.07. The van der Waals surface area contributed by atoms with Crippen molar-refractivity contribution in [2.75, 3.05) is 10.6 Å². The smallest absolute Gasteiger partial charge is 0.229 e. The predicted octanol–water partition coefficient (Wildman–Crippen LogP) is 4.43. The van der Waals surface area contributed by atoms with Gasteiger partial charge in [-0.05, 0) is 61.8 Å². The molecule has 1 unspecified atom stereocenters. The van der Waals surface area contributed by atoms with Crippen molar-refractivity contribution in [2.45, 2.75) is 44.7 Å². The van der Waals surface area contributed by atoms with Gasteiger partial charge in [0.05, 0.1) is 11.6 Å². The zero-order valence-corrected chi connectivity index (χ0v) is 16.7. The van der Waals surface area contributed by atoms with Crippen LogP contribution in [0.2, 0.25) is 0 Å². The molecule has 1 atom stereocenters. The minimum absolute atomic E-state index is 0.147. The molecule has 2 aromatic heterocycles. The molecule has 0 radical (unpaired) electrons. The Morgan fingerprint density at radius 1 is 1.18 bits per heavy atom. The molecule has 6 nitrogen and oxygen atoms in total. The van der Waals surface area contributed by atoms with Crippen LogP contribution in [-0.4, -0.2) is 26.1 Å². The van der Waals surface area contributed by atoms with Crippen LogP contribution in [-0.2, 0) is 0 Å². The molecule has 0 bridgehead atoms. The van der Waals surface area contributed by atoms with Crippen molar-refractivity contribution < 1.29 is 0 Å². The summed E-state index contributed by atoms with van der Waals surface area (Å²) in [5.74, 6) is 0.514. The number of hydrogen-bond donors (Lipinski definition) is 3. The van der Waals surface area contributed by atoms with Crippen LogP contribution in [0.15, 0.2) is 48.9 Å². The van der Waals surface area contributed by atoms with Crippen molar-refractivity contribution in [3.05, 3.63) is 54.5 Å². The molecule has 1 aliphatic carbocycles. The van der Waals surface area contributed by atoms with E-state index in [1.165, 1.54) is 25.7 Å². The van der Waals surface area contributed by atoms with E-state index in [0.717, 1.165) is 22.2 Å². The lowest BCUT2D eigenvalue weighted by Gasteiger charge is -2.16. The molecule has 3 N–H and O–H groups in total. The van der Waals surface area contributed by atoms with E-state index in [1.807, 2.05) is 36.7 Å². The molecule has 4 rings (SSSR count). The van der Waals surface area contributed by atoms with Crippen LogP contribution in [0.1, 0.15) is 44.2 Å². The number of rotatable bonds is 5. The van der Waals surface area contributed by atoms with E-state index in [0.29, 0.717) is 17.1 Å². The molecule has 0 amide bonds. The van der Waals surface area contributed by atoms with E-state index < -0.39 is 0 Å². The second-order valence-corrected chi connectivity index (χ2v) is 7.61. The number of pyridine rings is 1. The second-order valence-electron chi connectivity index (χ2n) is 7.20. The van der Waals surface area contributed by atoms with Gasteiger partial charge in [-0.15, -0.1) is 0 Å². The number of benzene rings is 1. The average Bonchev–Trinajstić information content (AvgIpc) is 3.21. The van der Waals surface area contributed by atoms with Crippen LogP contribution in [0.25, 0.3) is 10.9 Å². The summed E-state index contributed by atoms with van der Waals surface area (Å²) in [5.41, 5.74) is 3.00. The molecule has 1 aromatic carbocycles. The van der Waals surface area contributed by atoms with E-state index >= 15 is 0 Å². The molecule has 1 fully saturated rings. The molecule has 28 heavy (non-hydrogen) atoms. The van der Waals surface area contributed by atoms with Gasteiger partial charge in [-0.1, -0.05) is 18.9 Å². The number of nitrogens with zero attached hydrogens (tertiary/aromatic N) is 3. The molecular formula is C21H24N6S. The first-order valence-electron chi connectivity index (χ1n) is 9.68. The van der Waals surface area contributed by atoms with Gasteiger partial charge < -0.3 is 16.0 Å². The highest BCUT2D eigenvalue weighted by Crippen LogP contribution is 2.23. The van der Waals surface area contributed by atoms with Crippen molar-refractivity contribution >= 4 is 39.9 Å². The van der Waals surface area contributed by atoms with Crippen molar-refractivity contribution in [3.63, 3.8) is 0 Å². The van der Waals surface area contributed by atoms with E-state index in [9.17, 15) is 0 Å². The molecule has 144 valence electrons. The van der Waals surface area contributed by atoms with Crippen LogP contribution < -0.4 is 16.0 Å². The maximum atomic E-state index is 5.41. The summed E-state index contributed by atoms with van der Waals surface area (Å²) in [6.45, 7) is 2.11. The Morgan fingerprint density at radius 3 is 2.82 bits per heavy atom. The fraction of sp³-hybridized carbons (Fsp3) is 0.333. The van der Waals surface area contributed by atoms with Crippen LogP contribution in [0.5, 0.6) is 0 Å². The summed E-state index contributed by atoms with van der Waals surface area (Å²) in [6, 6.07) is 10.7. The number of thiocarbonyl (C=S) groups is 1. The van der Waals surface area contributed by atoms with Crippen LogP contribution in [0, 0.1) is 0 Å². The van der Waals surface area contributed by atoms with Crippen molar-refractivity contribution in [1.82, 2.24) is 20.3 Å². The monoisotopic (exact) mass is 392 g/mol. The maximum absolute atomic E-state index is 5.41. The molecule has 0 spiro atoms. The number of hydrogen-bond acceptors (Lipinski definition) is 5. The Kier molecular flexibility index (Phi) is 5.62. The quantitative estimate of drug-likeness (QED) is 0.555. The first-order valence-corrected chi connectivity index (χ1v) is 10.1. The minimum atomic E-state index is 0.147. The topological polar surface area (TPSA) is 74.8 Å². The van der Waals surface area contributed by atoms with Gasteiger partial charge >= 0.3 is 0 Å². The fourth-order valence-corrected chi connectivity index (χ4v) is 3.79. The van der Waals surface area contributed by atoms with Crippen LogP contribution in [0.3, 0.4) is 0 Å². The zero-order valence-electron chi connectivity index (χ0n) is 15.9. The second kappa shape index (κ2) is 8.48. The lowest BCUT2D eigenvalue weighted by atomic mass is 10.1. The van der Waals surface area contributed by atoms with Crippen molar-refractivity contribution in [2.24, 2.45) is 0 Å². The predicted molar refractivity (Wildman–Crippen MR) is 117 cm³/mol. The first kappa shape index (κ1) is 18.6. The van der Waals surface area contributed by atoms with Gasteiger partial charge in [-0.2, -0.15) is 0 Å². The van der Waals surface area contributed by atoms with E-state index in [4.69, 9.17) is 12.2 Å². The Bertz CT molecular complexity index is 956. The first-order chi connectivity index (χ1) is 13.7. The number of nitrogens with one attached hydrogen (secondary N) is 3. The SMILES string of the molecule is CC(Nc1ccc2cnc(NC(=S)NC3CCCC3)nc2c1)c1cccnc1. The molecule has 2 heterocycles. The zero-order chi connectivity index (χ0) is 19.3. The number of fused-ring (bicyclic) bond motifs is 1. The molecule has 0 aliphatic heterocycles. The highest BCUT2D eigenvalue weighted by molar-refractivity contribution is 7.80. The standard InChI is InChI=1S/C21H24N6S/c1-14(15-5-4-10-22-12-15)24-18-9-8-16-13-23-20(26-19(16)11-18)27-21(28)25-17-6-2-3-7-17/h4-5,8-14,17,24H,2-3,6-7H2,1H3,(H2,23,25,26,27,28). The summed E-state index contributed by atoms with van der Waals surface area (Å²) < 4.78 is 0. The van der Waals surface area contributed by atoms with Gasteiger partial charge in [0.1, 0.15) is 0 Å². The van der Waals surface area contributed by atoms with Gasteiger partial charge in [0.25, 0.3) is 0 Å². The third-order valence-corrected chi connectivity index (χ3v) is 5.29. The van der Waals surface area contributed by atoms with Gasteiger partial charge in [0.15, 0.2) is 5.11 Å². The van der Waals surface area contributed by atoms with Gasteiger partial charge in [-0.25, -0.2) is 9.97 Å². The van der Waals surface area contributed by atoms with Crippen molar-refractivity contribution in [3.8, 4) is 0 Å². The number of aromatic nitrogens is 3. The fourth-order valence-electron chi connectivity index (χ4n) is 3.53. The Hall–Kier alpha value is -2.80. The molecular weight excluding hydrogens is 368 g/mol. The van der Waals surface area contributed by atoms with Crippen molar-refractivity contribution in [1.29, 1.82) is 0 Å². The Labute approximate surface area is 170 Å². The summed E-state index contributed by atoms with van der Waals surface area (Å²) in [6.07, 6.45) is 10.3. The molecule has 1 aliphatic rings. The largest absolute Gasteiger partial charge is 0.378 e. The molecule has 7 heteroatoms.